The lowest BCUT2D eigenvalue weighted by Crippen LogP contribution is -2.29. The van der Waals surface area contributed by atoms with E-state index in [9.17, 15) is 0 Å². The highest BCUT2D eigenvalue weighted by molar-refractivity contribution is 6.13. The predicted molar refractivity (Wildman–Crippen MR) is 43.8 cm³/mol. The van der Waals surface area contributed by atoms with Crippen molar-refractivity contribution in [3.8, 4) is 0 Å². The molecule has 0 aliphatic heterocycles. The van der Waals surface area contributed by atoms with E-state index < -0.39 is 0 Å². The molecule has 0 heterocycles. The van der Waals surface area contributed by atoms with Crippen LogP contribution in [0.5, 0.6) is 0 Å². The average Bonchev–Trinajstić information content (AvgIpc) is 2.05. The molecule has 3 heteroatoms. The van der Waals surface area contributed by atoms with Crippen LogP contribution < -0.4 is 10.6 Å². The molecule has 0 saturated heterocycles. The Bertz CT molecular complexity index is 77.6. The lowest BCUT2D eigenvalue weighted by Gasteiger charge is -2.25. The van der Waals surface area contributed by atoms with Crippen molar-refractivity contribution in [3.63, 3.8) is 0 Å². The summed E-state index contributed by atoms with van der Waals surface area (Å²) in [5.41, 5.74) is 5.54. The molecule has 60 valence electrons. The van der Waals surface area contributed by atoms with Crippen molar-refractivity contribution in [1.29, 1.82) is 0 Å². The van der Waals surface area contributed by atoms with E-state index in [1.54, 1.807) is 0 Å². The Hall–Kier alpha value is 0.210. The van der Waals surface area contributed by atoms with Gasteiger partial charge >= 0.3 is 0 Å². The minimum absolute atomic E-state index is 0.532. The number of nitrogens with one attached hydrogen (secondary N) is 1. The number of nitrogens with two attached hydrogens (primary N) is 1. The van der Waals surface area contributed by atoms with Gasteiger partial charge in [0.2, 0.25) is 0 Å². The first-order valence-corrected chi connectivity index (χ1v) is 4.31. The maximum atomic E-state index is 5.54. The molecule has 0 radical (unpaired) electrons. The quantitative estimate of drug-likeness (QED) is 0.600. The van der Waals surface area contributed by atoms with Gasteiger partial charge < -0.3 is 5.73 Å². The van der Waals surface area contributed by atoms with Crippen molar-refractivity contribution < 1.29 is 0 Å². The minimum Gasteiger partial charge on any atom is -0.330 e. The molecule has 1 aliphatic carbocycles. The van der Waals surface area contributed by atoms with Crippen molar-refractivity contribution >= 4 is 11.8 Å². The molecular weight excluding hydrogens is 148 g/mol. The normalized spacial score (nSPS) is 34.2. The fraction of sp³-hybridized carbons (Fsp3) is 1.00. The molecule has 1 aliphatic rings. The highest BCUT2D eigenvalue weighted by Crippen LogP contribution is 2.23. The average molecular weight is 163 g/mol. The maximum absolute atomic E-state index is 5.54. The van der Waals surface area contributed by atoms with Gasteiger partial charge in [-0.1, -0.05) is 0 Å². The van der Waals surface area contributed by atoms with Crippen LogP contribution in [0.25, 0.3) is 0 Å². The molecule has 1 saturated carbocycles. The Morgan fingerprint density at radius 3 is 2.30 bits per heavy atom. The summed E-state index contributed by atoms with van der Waals surface area (Å²) in [6, 6.07) is 0.532. The largest absolute Gasteiger partial charge is 0.330 e. The number of rotatable bonds is 2. The van der Waals surface area contributed by atoms with Crippen molar-refractivity contribution in [1.82, 2.24) is 4.84 Å². The van der Waals surface area contributed by atoms with E-state index in [0.29, 0.717) is 6.04 Å². The van der Waals surface area contributed by atoms with E-state index in [0.717, 1.165) is 12.5 Å². The van der Waals surface area contributed by atoms with Gasteiger partial charge in [0.15, 0.2) is 0 Å². The van der Waals surface area contributed by atoms with Gasteiger partial charge in [0.25, 0.3) is 0 Å². The Morgan fingerprint density at radius 2 is 1.90 bits per heavy atom. The first-order chi connectivity index (χ1) is 4.86. The number of halogens is 1. The molecule has 10 heavy (non-hydrogen) atoms. The highest BCUT2D eigenvalue weighted by Gasteiger charge is 2.18. The van der Waals surface area contributed by atoms with Crippen LogP contribution in [0.4, 0.5) is 0 Å². The third-order valence-corrected chi connectivity index (χ3v) is 2.64. The first kappa shape index (κ1) is 8.31. The highest BCUT2D eigenvalue weighted by atomic mass is 35.5. The lowest BCUT2D eigenvalue weighted by atomic mass is 9.87. The summed E-state index contributed by atoms with van der Waals surface area (Å²) in [4.78, 5) is 2.78. The molecule has 1 rings (SSSR count). The molecule has 0 atom stereocenters. The van der Waals surface area contributed by atoms with Gasteiger partial charge in [0.1, 0.15) is 0 Å². The zero-order valence-electron chi connectivity index (χ0n) is 6.15. The third-order valence-electron chi connectivity index (χ3n) is 2.33. The molecular formula is C7H15ClN2. The topological polar surface area (TPSA) is 38.0 Å². The molecule has 2 nitrogen and oxygen atoms in total. The van der Waals surface area contributed by atoms with Gasteiger partial charge in [0.05, 0.1) is 0 Å². The Morgan fingerprint density at radius 1 is 1.30 bits per heavy atom. The second-order valence-electron chi connectivity index (χ2n) is 3.06. The zero-order chi connectivity index (χ0) is 7.40. The van der Waals surface area contributed by atoms with Crippen molar-refractivity contribution in [3.05, 3.63) is 0 Å². The van der Waals surface area contributed by atoms with Crippen molar-refractivity contribution in [2.45, 2.75) is 31.7 Å². The Balaban J connectivity index is 2.17. The summed E-state index contributed by atoms with van der Waals surface area (Å²) >= 11 is 5.49. The van der Waals surface area contributed by atoms with Crippen LogP contribution in [-0.2, 0) is 0 Å². The van der Waals surface area contributed by atoms with Gasteiger partial charge in [-0.3, -0.25) is 0 Å². The summed E-state index contributed by atoms with van der Waals surface area (Å²) in [7, 11) is 0. The van der Waals surface area contributed by atoms with Gasteiger partial charge in [-0.25, -0.2) is 4.84 Å². The van der Waals surface area contributed by atoms with Gasteiger partial charge in [-0.05, 0) is 49.9 Å². The van der Waals surface area contributed by atoms with Crippen LogP contribution in [0.1, 0.15) is 25.7 Å². The third kappa shape index (κ3) is 2.11. The van der Waals surface area contributed by atoms with Crippen LogP contribution in [0.2, 0.25) is 0 Å². The molecule has 0 bridgehead atoms. The van der Waals surface area contributed by atoms with Crippen LogP contribution in [0.3, 0.4) is 0 Å². The van der Waals surface area contributed by atoms with E-state index in [1.807, 2.05) is 0 Å². The first-order valence-electron chi connectivity index (χ1n) is 3.93. The maximum Gasteiger partial charge on any atom is 0.0221 e. The minimum atomic E-state index is 0.532. The SMILES string of the molecule is NCC1CCC(NCl)CC1. The van der Waals surface area contributed by atoms with Crippen LogP contribution >= 0.6 is 11.8 Å². The van der Waals surface area contributed by atoms with Crippen LogP contribution in [0, 0.1) is 5.92 Å². The fourth-order valence-electron chi connectivity index (χ4n) is 1.51. The molecule has 1 fully saturated rings. The van der Waals surface area contributed by atoms with Crippen LogP contribution in [-0.4, -0.2) is 12.6 Å². The Labute approximate surface area is 67.2 Å². The summed E-state index contributed by atoms with van der Waals surface area (Å²) < 4.78 is 0. The van der Waals surface area contributed by atoms with Gasteiger partial charge in [0, 0.05) is 6.04 Å². The lowest BCUT2D eigenvalue weighted by molar-refractivity contribution is 0.321. The van der Waals surface area contributed by atoms with Gasteiger partial charge in [-0.15, -0.1) is 0 Å². The monoisotopic (exact) mass is 162 g/mol. The van der Waals surface area contributed by atoms with E-state index in [2.05, 4.69) is 4.84 Å². The molecule has 3 N–H and O–H groups in total. The molecule has 0 aromatic heterocycles. The molecule has 0 spiro atoms. The van der Waals surface area contributed by atoms with E-state index in [4.69, 9.17) is 17.5 Å². The molecule has 0 aromatic rings. The molecule has 0 amide bonds. The Kier molecular flexibility index (Phi) is 3.46. The van der Waals surface area contributed by atoms with E-state index in [1.165, 1.54) is 25.7 Å². The summed E-state index contributed by atoms with van der Waals surface area (Å²) in [5, 5.41) is 0. The zero-order valence-corrected chi connectivity index (χ0v) is 6.90. The number of hydrogen-bond donors (Lipinski definition) is 2. The fourth-order valence-corrected chi connectivity index (χ4v) is 1.73. The van der Waals surface area contributed by atoms with Gasteiger partial charge in [-0.2, -0.15) is 0 Å². The van der Waals surface area contributed by atoms with E-state index >= 15 is 0 Å². The molecule has 0 aromatic carbocycles. The van der Waals surface area contributed by atoms with E-state index in [-0.39, 0.29) is 0 Å². The predicted octanol–water partition coefficient (Wildman–Crippen LogP) is 1.25. The smallest absolute Gasteiger partial charge is 0.0221 e. The standard InChI is InChI=1S/C7H15ClN2/c8-10-7-3-1-6(5-9)2-4-7/h6-7,10H,1-5,9H2. The molecule has 0 unspecified atom stereocenters. The second-order valence-corrected chi connectivity index (χ2v) is 3.28. The number of hydrogen-bond acceptors (Lipinski definition) is 2. The van der Waals surface area contributed by atoms with Crippen LogP contribution in [0.15, 0.2) is 0 Å². The summed E-state index contributed by atoms with van der Waals surface area (Å²) in [5.74, 6) is 0.751. The second kappa shape index (κ2) is 4.16. The van der Waals surface area contributed by atoms with Crippen molar-refractivity contribution in [2.75, 3.05) is 6.54 Å². The summed E-state index contributed by atoms with van der Waals surface area (Å²) in [6.07, 6.45) is 4.85. The summed E-state index contributed by atoms with van der Waals surface area (Å²) in [6.45, 7) is 0.842. The van der Waals surface area contributed by atoms with Crippen molar-refractivity contribution in [2.24, 2.45) is 11.7 Å².